The summed E-state index contributed by atoms with van der Waals surface area (Å²) in [6, 6.07) is 13.5. The van der Waals surface area contributed by atoms with E-state index in [-0.39, 0.29) is 24.3 Å². The first-order valence-corrected chi connectivity index (χ1v) is 9.96. The third-order valence-electron chi connectivity index (χ3n) is 5.83. The van der Waals surface area contributed by atoms with Crippen LogP contribution in [0.3, 0.4) is 0 Å². The molecule has 1 saturated carbocycles. The lowest BCUT2D eigenvalue weighted by atomic mass is 9.92. The van der Waals surface area contributed by atoms with Crippen LogP contribution in [0.5, 0.6) is 5.75 Å². The number of carbonyl (C=O) groups is 2. The Morgan fingerprint density at radius 1 is 1.25 bits per heavy atom. The predicted molar refractivity (Wildman–Crippen MR) is 114 cm³/mol. The van der Waals surface area contributed by atoms with Crippen LogP contribution in [-0.2, 0) is 26.3 Å². The quantitative estimate of drug-likeness (QED) is 0.295. The molecule has 4 rings (SSSR count). The van der Waals surface area contributed by atoms with Gasteiger partial charge in [0, 0.05) is 18.0 Å². The van der Waals surface area contributed by atoms with Crippen LogP contribution < -0.4 is 15.5 Å². The Hall–Kier alpha value is -3.72. The van der Waals surface area contributed by atoms with Gasteiger partial charge < -0.3 is 14.8 Å². The van der Waals surface area contributed by atoms with E-state index in [1.165, 1.54) is 25.3 Å². The van der Waals surface area contributed by atoms with Crippen LogP contribution in [0.15, 0.2) is 48.5 Å². The fourth-order valence-corrected chi connectivity index (χ4v) is 4.05. The molecule has 0 unspecified atom stereocenters. The van der Waals surface area contributed by atoms with Gasteiger partial charge in [0.1, 0.15) is 17.8 Å². The zero-order valence-electron chi connectivity index (χ0n) is 17.5. The van der Waals surface area contributed by atoms with Crippen LogP contribution in [0.1, 0.15) is 17.5 Å². The minimum absolute atomic E-state index is 0.00414. The van der Waals surface area contributed by atoms with Gasteiger partial charge in [0.25, 0.3) is 0 Å². The Morgan fingerprint density at radius 2 is 2.03 bits per heavy atom. The number of ether oxygens (including phenoxy) is 2. The summed E-state index contributed by atoms with van der Waals surface area (Å²) in [6.45, 7) is 0.103. The van der Waals surface area contributed by atoms with Gasteiger partial charge in [-0.1, -0.05) is 24.3 Å². The summed E-state index contributed by atoms with van der Waals surface area (Å²) >= 11 is 0. The SMILES string of the molecule is CNc1cc(COc2ccc([C@]3(C(=O)OC)C[C@@H]3C(=O)NO)cc2F)c2ccccc2n1. The first kappa shape index (κ1) is 21.5. The standard InChI is InChI=1S/C23H22FN3O5/c1-25-20-9-13(15-5-3-4-6-18(15)26-20)12-32-19-8-7-14(10-17(19)24)23(22(29)31-2)11-16(23)21(28)27-30/h3-10,16,30H,11-12H2,1-2H3,(H,25,26)(H,27,28)/t16-,23-/m1/s1. The maximum Gasteiger partial charge on any atom is 0.317 e. The number of nitrogens with zero attached hydrogens (tertiary/aromatic N) is 1. The van der Waals surface area contributed by atoms with E-state index in [1.807, 2.05) is 30.3 Å². The van der Waals surface area contributed by atoms with E-state index in [1.54, 1.807) is 12.5 Å². The molecule has 8 nitrogen and oxygen atoms in total. The number of pyridine rings is 1. The Balaban J connectivity index is 1.59. The number of methoxy groups -OCH3 is 1. The van der Waals surface area contributed by atoms with Crippen LogP contribution in [0.2, 0.25) is 0 Å². The molecule has 1 heterocycles. The summed E-state index contributed by atoms with van der Waals surface area (Å²) in [5, 5.41) is 12.8. The number of nitrogens with one attached hydrogen (secondary N) is 2. The van der Waals surface area contributed by atoms with E-state index in [9.17, 15) is 14.0 Å². The van der Waals surface area contributed by atoms with Crippen LogP contribution in [0.25, 0.3) is 10.9 Å². The second-order valence-electron chi connectivity index (χ2n) is 7.56. The number of hydroxylamine groups is 1. The fourth-order valence-electron chi connectivity index (χ4n) is 4.05. The molecule has 0 radical (unpaired) electrons. The molecule has 32 heavy (non-hydrogen) atoms. The highest BCUT2D eigenvalue weighted by Crippen LogP contribution is 2.55. The Morgan fingerprint density at radius 3 is 2.72 bits per heavy atom. The van der Waals surface area contributed by atoms with Crippen molar-refractivity contribution >= 4 is 28.6 Å². The van der Waals surface area contributed by atoms with Crippen molar-refractivity contribution in [1.29, 1.82) is 0 Å². The molecule has 2 aromatic carbocycles. The number of para-hydroxylation sites is 1. The molecule has 3 aromatic rings. The van der Waals surface area contributed by atoms with E-state index in [0.29, 0.717) is 5.82 Å². The van der Waals surface area contributed by atoms with Crippen molar-refractivity contribution in [2.45, 2.75) is 18.4 Å². The monoisotopic (exact) mass is 439 g/mol. The fraction of sp³-hybridized carbons (Fsp3) is 0.261. The first-order chi connectivity index (χ1) is 15.4. The van der Waals surface area contributed by atoms with Crippen molar-refractivity contribution in [2.24, 2.45) is 5.92 Å². The average molecular weight is 439 g/mol. The van der Waals surface area contributed by atoms with Crippen LogP contribution in [-0.4, -0.2) is 36.2 Å². The normalized spacial score (nSPS) is 19.3. The van der Waals surface area contributed by atoms with Gasteiger partial charge in [-0.3, -0.25) is 14.8 Å². The number of esters is 1. The zero-order chi connectivity index (χ0) is 22.9. The molecule has 0 spiro atoms. The number of amides is 1. The Kier molecular flexibility index (Phi) is 5.67. The molecule has 1 aromatic heterocycles. The first-order valence-electron chi connectivity index (χ1n) is 9.96. The van der Waals surface area contributed by atoms with E-state index in [4.69, 9.17) is 14.7 Å². The maximum atomic E-state index is 14.9. The molecule has 9 heteroatoms. The number of aromatic nitrogens is 1. The molecule has 1 aliphatic rings. The zero-order valence-corrected chi connectivity index (χ0v) is 17.5. The predicted octanol–water partition coefficient (Wildman–Crippen LogP) is 2.93. The molecule has 2 atom stereocenters. The third-order valence-corrected chi connectivity index (χ3v) is 5.83. The van der Waals surface area contributed by atoms with Gasteiger partial charge in [0.2, 0.25) is 5.91 Å². The second kappa shape index (κ2) is 8.43. The van der Waals surface area contributed by atoms with E-state index < -0.39 is 29.0 Å². The van der Waals surface area contributed by atoms with Crippen molar-refractivity contribution in [3.63, 3.8) is 0 Å². The number of hydrogen-bond acceptors (Lipinski definition) is 7. The highest BCUT2D eigenvalue weighted by atomic mass is 19.1. The molecule has 1 amide bonds. The van der Waals surface area contributed by atoms with Gasteiger partial charge in [-0.15, -0.1) is 0 Å². The summed E-state index contributed by atoms with van der Waals surface area (Å²) in [6.07, 6.45) is 0.113. The molecule has 0 saturated heterocycles. The molecular formula is C23H22FN3O5. The number of halogens is 1. The van der Waals surface area contributed by atoms with Crippen molar-refractivity contribution < 1.29 is 28.7 Å². The highest BCUT2D eigenvalue weighted by Gasteiger charge is 2.65. The summed E-state index contributed by atoms with van der Waals surface area (Å²) in [7, 11) is 2.96. The van der Waals surface area contributed by atoms with Gasteiger partial charge in [0.05, 0.1) is 18.5 Å². The van der Waals surface area contributed by atoms with E-state index in [0.717, 1.165) is 16.5 Å². The summed E-state index contributed by atoms with van der Waals surface area (Å²) in [5.41, 5.74) is 2.12. The number of anilines is 1. The Bertz CT molecular complexity index is 1200. The third kappa shape index (κ3) is 3.60. The Labute approximate surface area is 183 Å². The van der Waals surface area contributed by atoms with Gasteiger partial charge in [-0.25, -0.2) is 14.9 Å². The average Bonchev–Trinajstić information content (AvgIpc) is 3.58. The van der Waals surface area contributed by atoms with Gasteiger partial charge >= 0.3 is 5.97 Å². The van der Waals surface area contributed by atoms with Crippen LogP contribution in [0.4, 0.5) is 10.2 Å². The number of carbonyl (C=O) groups excluding carboxylic acids is 2. The highest BCUT2D eigenvalue weighted by molar-refractivity contribution is 5.97. The smallest absolute Gasteiger partial charge is 0.317 e. The summed E-state index contributed by atoms with van der Waals surface area (Å²) in [4.78, 5) is 28.7. The summed E-state index contributed by atoms with van der Waals surface area (Å²) in [5.74, 6) is -2.23. The van der Waals surface area contributed by atoms with E-state index in [2.05, 4.69) is 10.3 Å². The molecule has 166 valence electrons. The number of benzene rings is 2. The summed E-state index contributed by atoms with van der Waals surface area (Å²) < 4.78 is 25.5. The van der Waals surface area contributed by atoms with Crippen LogP contribution >= 0.6 is 0 Å². The van der Waals surface area contributed by atoms with Crippen LogP contribution in [0, 0.1) is 11.7 Å². The number of fused-ring (bicyclic) bond motifs is 1. The van der Waals surface area contributed by atoms with Gasteiger partial charge in [-0.2, -0.15) is 0 Å². The lowest BCUT2D eigenvalue weighted by molar-refractivity contribution is -0.146. The molecule has 0 bridgehead atoms. The minimum atomic E-state index is -1.33. The molecule has 1 aliphatic carbocycles. The number of rotatable bonds is 7. The number of hydrogen-bond donors (Lipinski definition) is 3. The lowest BCUT2D eigenvalue weighted by Crippen LogP contribution is -2.31. The van der Waals surface area contributed by atoms with Gasteiger partial charge in [-0.05, 0) is 36.2 Å². The minimum Gasteiger partial charge on any atom is -0.486 e. The molecule has 1 fully saturated rings. The van der Waals surface area contributed by atoms with Crippen molar-refractivity contribution in [3.05, 3.63) is 65.5 Å². The largest absolute Gasteiger partial charge is 0.486 e. The van der Waals surface area contributed by atoms with Crippen molar-refractivity contribution in [2.75, 3.05) is 19.5 Å². The maximum absolute atomic E-state index is 14.9. The lowest BCUT2D eigenvalue weighted by Gasteiger charge is -2.17. The van der Waals surface area contributed by atoms with Gasteiger partial charge in [0.15, 0.2) is 11.6 Å². The molecule has 3 N–H and O–H groups in total. The van der Waals surface area contributed by atoms with E-state index >= 15 is 0 Å². The van der Waals surface area contributed by atoms with Crippen molar-refractivity contribution in [3.8, 4) is 5.75 Å². The molecular weight excluding hydrogens is 417 g/mol. The molecule has 0 aliphatic heterocycles. The van der Waals surface area contributed by atoms with Crippen molar-refractivity contribution in [1.82, 2.24) is 10.5 Å². The topological polar surface area (TPSA) is 110 Å². The second-order valence-corrected chi connectivity index (χ2v) is 7.56.